The van der Waals surface area contributed by atoms with Crippen molar-refractivity contribution in [1.82, 2.24) is 58.7 Å². The Balaban J connectivity index is 0.000000199. The number of hydrogen-bond acceptors (Lipinski definition) is 22. The number of carbonyl (C=O) groups is 10. The molecule has 0 atom stereocenters. The fourth-order valence-corrected chi connectivity index (χ4v) is 11.7. The molecular formula is C81H85Cl4N19O16. The highest BCUT2D eigenvalue weighted by molar-refractivity contribution is 6.35. The highest BCUT2D eigenvalue weighted by atomic mass is 35.5. The summed E-state index contributed by atoms with van der Waals surface area (Å²) in [6.45, 7) is 9.07. The van der Waals surface area contributed by atoms with E-state index in [-0.39, 0.29) is 61.7 Å². The number of hydrogen-bond donors (Lipinski definition) is 7. The fraction of sp³-hybridized carbons (Fsp3) is 0.210. The SMILES string of the molecule is CCc1cccc(NC(=O)c2c(Cl)cnn2C)c1.CCn1ccc(C(=O)Nc2cc(OC)c(OC)cc2C(=O)OC)n1.CCn1ccc(C(=O)Nc2ccccc2C(=O)OC)n1.COC(=O)c1ccc(C)c(NC(=O)c2c(Cl)cnn2C)c1.COc1ccccc1NC(=O)c1c(Cl)cnn1C.Cn1ncc(Cl)c1C(=O)Nc1ccccc1C(N)=O. The molecule has 12 aromatic rings. The molecule has 628 valence electrons. The highest BCUT2D eigenvalue weighted by Gasteiger charge is 2.25. The van der Waals surface area contributed by atoms with Gasteiger partial charge in [-0.2, -0.15) is 30.6 Å². The number of aromatic nitrogens is 12. The van der Waals surface area contributed by atoms with Gasteiger partial charge in [-0.15, -0.1) is 0 Å². The van der Waals surface area contributed by atoms with E-state index in [2.05, 4.69) is 78.9 Å². The molecule has 0 saturated heterocycles. The molecule has 0 aliphatic heterocycles. The zero-order valence-electron chi connectivity index (χ0n) is 67.4. The molecule has 0 saturated carbocycles. The summed E-state index contributed by atoms with van der Waals surface area (Å²) in [6.07, 6.45) is 10.0. The van der Waals surface area contributed by atoms with Gasteiger partial charge >= 0.3 is 17.9 Å². The average Bonchev–Trinajstić information content (AvgIpc) is 0.909. The molecule has 0 aliphatic rings. The minimum atomic E-state index is -0.619. The van der Waals surface area contributed by atoms with E-state index in [0.29, 0.717) is 91.3 Å². The largest absolute Gasteiger partial charge is 0.495 e. The Hall–Kier alpha value is -14.2. The number of para-hydroxylation sites is 4. The standard InChI is InChI=1S/C16H19N3O5.C14H14ClN3O3.C14H15N3O3.C13H14ClN3O.C12H11ClN4O2.C12H12ClN3O2/c1-5-19-7-6-11(18-19)15(20)17-12-9-14(23-3)13(22-2)8-10(12)16(21)24-4;1-8-4-5-9(14(20)21-3)6-11(8)17-13(19)12-10(15)7-16-18(12)2;1-3-17-9-8-12(16-17)13(18)15-11-7-5-4-6-10(11)14(19)20-2;1-3-9-5-4-6-10(7-9)16-13(18)12-11(14)8-15-17(12)2;1-17-10(8(13)6-15-17)12(19)16-9-5-3-2-4-7(9)11(14)18;1-16-11(8(13)7-14-16)12(17)15-9-5-3-4-6-10(9)18-2/h6-9H,5H2,1-4H3,(H,17,20);4-7H,1-3H3,(H,17,19);4-9H,3H2,1-2H3,(H,15,18);4-8H,3H2,1-2H3,(H,16,18);2-6H,1H3,(H2,14,18)(H,16,19);3-7H,1-2H3,(H,15,17). The van der Waals surface area contributed by atoms with Crippen LogP contribution in [0.3, 0.4) is 0 Å². The summed E-state index contributed by atoms with van der Waals surface area (Å²) in [5.41, 5.74) is 12.8. The Morgan fingerprint density at radius 2 is 0.775 bits per heavy atom. The van der Waals surface area contributed by atoms with Crippen LogP contribution >= 0.6 is 46.4 Å². The number of nitrogens with zero attached hydrogens (tertiary/aromatic N) is 12. The van der Waals surface area contributed by atoms with Gasteiger partial charge in [-0.05, 0) is 111 Å². The first kappa shape index (κ1) is 93.0. The maximum atomic E-state index is 12.3. The van der Waals surface area contributed by atoms with Crippen molar-refractivity contribution in [2.24, 2.45) is 33.9 Å². The Kier molecular flexibility index (Phi) is 34.7. The van der Waals surface area contributed by atoms with E-state index in [4.69, 9.17) is 71.1 Å². The van der Waals surface area contributed by atoms with Gasteiger partial charge in [-0.25, -0.2) is 14.4 Å². The summed E-state index contributed by atoms with van der Waals surface area (Å²) in [4.78, 5) is 119. The Labute approximate surface area is 708 Å². The molecule has 12 rings (SSSR count). The van der Waals surface area contributed by atoms with Gasteiger partial charge in [0.05, 0.1) is 133 Å². The second-order valence-corrected chi connectivity index (χ2v) is 26.3. The first-order valence-electron chi connectivity index (χ1n) is 35.8. The van der Waals surface area contributed by atoms with Crippen molar-refractivity contribution in [3.63, 3.8) is 0 Å². The van der Waals surface area contributed by atoms with E-state index in [1.165, 1.54) is 103 Å². The van der Waals surface area contributed by atoms with E-state index in [0.717, 1.165) is 17.7 Å². The molecule has 6 aromatic carbocycles. The number of primary amides is 1. The smallest absolute Gasteiger partial charge is 0.340 e. The predicted octanol–water partition coefficient (Wildman–Crippen LogP) is 13.0. The van der Waals surface area contributed by atoms with Gasteiger partial charge in [0, 0.05) is 77.2 Å². The van der Waals surface area contributed by atoms with Crippen LogP contribution in [0.15, 0.2) is 177 Å². The first-order chi connectivity index (χ1) is 57.4. The maximum Gasteiger partial charge on any atom is 0.340 e. The van der Waals surface area contributed by atoms with Crippen LogP contribution in [0.5, 0.6) is 17.2 Å². The number of nitrogens with two attached hydrogens (primary N) is 1. The number of halogens is 4. The van der Waals surface area contributed by atoms with E-state index in [1.807, 2.05) is 57.2 Å². The number of rotatable bonds is 22. The zero-order valence-corrected chi connectivity index (χ0v) is 70.4. The lowest BCUT2D eigenvalue weighted by Crippen LogP contribution is -2.20. The maximum absolute atomic E-state index is 12.3. The second kappa shape index (κ2) is 44.8. The fourth-order valence-electron chi connectivity index (χ4n) is 10.7. The summed E-state index contributed by atoms with van der Waals surface area (Å²) < 4.78 is 38.5. The molecule has 6 heterocycles. The summed E-state index contributed by atoms with van der Waals surface area (Å²) in [5.74, 6) is -3.13. The lowest BCUT2D eigenvalue weighted by molar-refractivity contribution is 0.0592. The molecule has 39 heteroatoms. The summed E-state index contributed by atoms with van der Waals surface area (Å²) in [6, 6.07) is 39.1. The predicted molar refractivity (Wildman–Crippen MR) is 451 cm³/mol. The van der Waals surface area contributed by atoms with Crippen molar-refractivity contribution in [1.29, 1.82) is 0 Å². The molecular weight excluding hydrogens is 1640 g/mol. The lowest BCUT2D eigenvalue weighted by atomic mass is 10.1. The van der Waals surface area contributed by atoms with Gasteiger partial charge in [0.25, 0.3) is 41.4 Å². The molecule has 0 spiro atoms. The van der Waals surface area contributed by atoms with Crippen LogP contribution in [0.25, 0.3) is 0 Å². The van der Waals surface area contributed by atoms with Gasteiger partial charge in [-0.1, -0.05) is 108 Å². The summed E-state index contributed by atoms with van der Waals surface area (Å²) in [5, 5.41) is 41.2. The summed E-state index contributed by atoms with van der Waals surface area (Å²) >= 11 is 23.6. The Morgan fingerprint density at radius 1 is 0.383 bits per heavy atom. The van der Waals surface area contributed by atoms with Crippen LogP contribution in [-0.4, -0.2) is 161 Å². The van der Waals surface area contributed by atoms with Gasteiger partial charge in [0.15, 0.2) is 22.9 Å². The third kappa shape index (κ3) is 24.9. The van der Waals surface area contributed by atoms with Gasteiger partial charge in [0.2, 0.25) is 0 Å². The molecule has 6 aromatic heterocycles. The number of carbonyl (C=O) groups excluding carboxylic acids is 10. The van der Waals surface area contributed by atoms with Crippen molar-refractivity contribution < 1.29 is 76.4 Å². The molecule has 0 fully saturated rings. The number of benzene rings is 6. The first-order valence-corrected chi connectivity index (χ1v) is 37.4. The molecule has 0 radical (unpaired) electrons. The van der Waals surface area contributed by atoms with Crippen LogP contribution in [0.2, 0.25) is 20.1 Å². The number of esters is 3. The van der Waals surface area contributed by atoms with Gasteiger partial charge in [0.1, 0.15) is 28.5 Å². The number of anilines is 6. The second-order valence-electron chi connectivity index (χ2n) is 24.7. The number of nitrogens with one attached hydrogen (secondary N) is 6. The third-order valence-electron chi connectivity index (χ3n) is 16.9. The Bertz CT molecular complexity index is 5590. The van der Waals surface area contributed by atoms with Crippen molar-refractivity contribution in [3.8, 4) is 17.2 Å². The number of ether oxygens (including phenoxy) is 6. The quantitative estimate of drug-likeness (QED) is 0.0245. The molecule has 120 heavy (non-hydrogen) atoms. The number of amides is 7. The molecule has 0 bridgehead atoms. The van der Waals surface area contributed by atoms with Crippen molar-refractivity contribution in [2.75, 3.05) is 74.6 Å². The lowest BCUT2D eigenvalue weighted by Gasteiger charge is -2.14. The van der Waals surface area contributed by atoms with Crippen molar-refractivity contribution in [2.45, 2.75) is 47.2 Å². The van der Waals surface area contributed by atoms with E-state index >= 15 is 0 Å². The van der Waals surface area contributed by atoms with E-state index in [9.17, 15) is 47.9 Å². The number of aryl methyl sites for hydroxylation is 8. The molecule has 7 amide bonds. The normalized spacial score (nSPS) is 10.2. The van der Waals surface area contributed by atoms with Crippen molar-refractivity contribution >= 4 is 140 Å². The molecule has 0 unspecified atom stereocenters. The summed E-state index contributed by atoms with van der Waals surface area (Å²) in [7, 11) is 14.9. The number of methoxy groups -OCH3 is 6. The third-order valence-corrected chi connectivity index (χ3v) is 18.0. The van der Waals surface area contributed by atoms with Crippen LogP contribution in [0, 0.1) is 6.92 Å². The zero-order chi connectivity index (χ0) is 88.0. The van der Waals surface area contributed by atoms with E-state index < -0.39 is 41.5 Å². The monoisotopic (exact) mass is 1720 g/mol. The Morgan fingerprint density at radius 3 is 1.20 bits per heavy atom. The van der Waals surface area contributed by atoms with Crippen LogP contribution < -0.4 is 51.8 Å². The average molecular weight is 1720 g/mol. The molecule has 0 aliphatic carbocycles. The van der Waals surface area contributed by atoms with E-state index in [1.54, 1.807) is 142 Å². The van der Waals surface area contributed by atoms with Gasteiger partial charge < -0.3 is 66.1 Å². The van der Waals surface area contributed by atoms with Crippen LogP contribution in [0.1, 0.15) is 136 Å². The minimum Gasteiger partial charge on any atom is -0.495 e. The highest BCUT2D eigenvalue weighted by Crippen LogP contribution is 2.35. The van der Waals surface area contributed by atoms with Crippen LogP contribution in [0.4, 0.5) is 34.1 Å². The van der Waals surface area contributed by atoms with Gasteiger partial charge in [-0.3, -0.25) is 61.7 Å². The topological polar surface area (TPSA) is 431 Å². The molecule has 35 nitrogen and oxygen atoms in total. The van der Waals surface area contributed by atoms with Crippen molar-refractivity contribution in [3.05, 3.63) is 264 Å². The molecule has 8 N–H and O–H groups in total. The van der Waals surface area contributed by atoms with Crippen LogP contribution in [-0.2, 0) is 61.9 Å². The minimum absolute atomic E-state index is 0.151.